The average molecular weight is 1070 g/mol. The fourth-order valence-electron chi connectivity index (χ4n) is 8.43. The van der Waals surface area contributed by atoms with E-state index in [0.29, 0.717) is 19.3 Å². The highest BCUT2D eigenvalue weighted by molar-refractivity contribution is 5.71. The molecular formula is C71H116O6. The van der Waals surface area contributed by atoms with Crippen LogP contribution in [0.2, 0.25) is 0 Å². The van der Waals surface area contributed by atoms with Crippen LogP contribution in [-0.4, -0.2) is 37.2 Å². The van der Waals surface area contributed by atoms with Gasteiger partial charge in [-0.05, 0) is 135 Å². The van der Waals surface area contributed by atoms with Gasteiger partial charge in [0.1, 0.15) is 13.2 Å². The number of hydrogen-bond donors (Lipinski definition) is 0. The molecule has 0 N–H and O–H groups in total. The minimum atomic E-state index is -0.801. The van der Waals surface area contributed by atoms with Crippen LogP contribution in [0.3, 0.4) is 0 Å². The summed E-state index contributed by atoms with van der Waals surface area (Å²) in [6.07, 6.45) is 90.1. The van der Waals surface area contributed by atoms with Crippen molar-refractivity contribution in [3.05, 3.63) is 134 Å². The Morgan fingerprint density at radius 2 is 0.506 bits per heavy atom. The van der Waals surface area contributed by atoms with Gasteiger partial charge in [-0.15, -0.1) is 0 Å². The van der Waals surface area contributed by atoms with Crippen LogP contribution in [0.25, 0.3) is 0 Å². The van der Waals surface area contributed by atoms with Gasteiger partial charge < -0.3 is 14.2 Å². The molecule has 6 nitrogen and oxygen atoms in total. The summed E-state index contributed by atoms with van der Waals surface area (Å²) >= 11 is 0. The first kappa shape index (κ1) is 72.5. The molecule has 1 atom stereocenters. The molecule has 0 aliphatic heterocycles. The quantitative estimate of drug-likeness (QED) is 0.0261. The summed E-state index contributed by atoms with van der Waals surface area (Å²) in [5.74, 6) is -0.925. The lowest BCUT2D eigenvalue weighted by Crippen LogP contribution is -2.30. The van der Waals surface area contributed by atoms with Gasteiger partial charge in [0.15, 0.2) is 6.10 Å². The SMILES string of the molecule is CC/C=C\C/C=C\C/C=C\C/C=C\C/C=C\CCCCCCCCCC(=O)OCC(COC(=O)CCCCCCCCC/C=C\C/C=C\CCCCC)OC(=O)CCCCCCCC/C=C\C/C=C\C/C=C\C/C=C\CC. The van der Waals surface area contributed by atoms with E-state index in [2.05, 4.69) is 154 Å². The van der Waals surface area contributed by atoms with E-state index in [9.17, 15) is 14.4 Å². The second kappa shape index (κ2) is 64.1. The maximum atomic E-state index is 12.9. The van der Waals surface area contributed by atoms with Crippen molar-refractivity contribution in [3.63, 3.8) is 0 Å². The van der Waals surface area contributed by atoms with Crippen molar-refractivity contribution in [2.45, 2.75) is 284 Å². The molecule has 0 aromatic carbocycles. The molecular weight excluding hydrogens is 949 g/mol. The third kappa shape index (κ3) is 62.3. The van der Waals surface area contributed by atoms with Crippen LogP contribution in [0.15, 0.2) is 134 Å². The summed E-state index contributed by atoms with van der Waals surface area (Å²) in [6.45, 7) is 6.37. The molecule has 0 amide bonds. The lowest BCUT2D eigenvalue weighted by Gasteiger charge is -2.18. The van der Waals surface area contributed by atoms with Gasteiger partial charge in [0.05, 0.1) is 0 Å². The predicted octanol–water partition coefficient (Wildman–Crippen LogP) is 21.8. The Balaban J connectivity index is 4.46. The van der Waals surface area contributed by atoms with Crippen molar-refractivity contribution < 1.29 is 28.6 Å². The standard InChI is InChI=1S/C71H116O6/c1-4-7-10-13-16-19-22-25-28-31-33-34-35-36-38-40-43-46-49-52-55-58-61-64-70(73)76-67-68(66-75-69(72)63-60-57-54-51-48-45-42-39-30-27-24-21-18-15-12-9-6-3)77-71(74)65-62-59-56-53-50-47-44-41-37-32-29-26-23-20-17-14-11-8-5-2/h7-8,10-11,16-21,25-30,33-34,36-38,41,68H,4-6,9,12-15,22-24,31-32,35,39-40,42-67H2,1-3H3/b10-7-,11-8-,19-16-,20-17-,21-18-,28-25-,29-26-,30-27-,34-33-,38-36-,41-37-. The zero-order valence-corrected chi connectivity index (χ0v) is 49.9. The number of unbranched alkanes of at least 4 members (excludes halogenated alkanes) is 23. The minimum absolute atomic E-state index is 0.0953. The Labute approximate surface area is 475 Å². The Kier molecular flexibility index (Phi) is 60.4. The molecule has 1 unspecified atom stereocenters. The number of carbonyl (C=O) groups is 3. The summed E-state index contributed by atoms with van der Waals surface area (Å²) in [7, 11) is 0. The highest BCUT2D eigenvalue weighted by Crippen LogP contribution is 2.15. The molecule has 0 saturated heterocycles. The first-order chi connectivity index (χ1) is 38.0. The molecule has 0 saturated carbocycles. The third-order valence-electron chi connectivity index (χ3n) is 13.1. The van der Waals surface area contributed by atoms with Crippen molar-refractivity contribution in [1.82, 2.24) is 0 Å². The molecule has 436 valence electrons. The van der Waals surface area contributed by atoms with Crippen LogP contribution in [0.1, 0.15) is 278 Å². The summed E-state index contributed by atoms with van der Waals surface area (Å²) in [5, 5.41) is 0. The predicted molar refractivity (Wildman–Crippen MR) is 334 cm³/mol. The molecule has 0 heterocycles. The van der Waals surface area contributed by atoms with E-state index in [1.807, 2.05) is 0 Å². The van der Waals surface area contributed by atoms with Crippen LogP contribution >= 0.6 is 0 Å². The monoisotopic (exact) mass is 1060 g/mol. The summed E-state index contributed by atoms with van der Waals surface area (Å²) in [5.41, 5.74) is 0. The van der Waals surface area contributed by atoms with Gasteiger partial charge in [-0.3, -0.25) is 14.4 Å². The number of allylic oxidation sites excluding steroid dienone is 22. The molecule has 0 aliphatic carbocycles. The zero-order valence-electron chi connectivity index (χ0n) is 49.9. The lowest BCUT2D eigenvalue weighted by atomic mass is 10.1. The van der Waals surface area contributed by atoms with Crippen molar-refractivity contribution >= 4 is 17.9 Å². The maximum Gasteiger partial charge on any atom is 0.306 e. The molecule has 0 rings (SSSR count). The molecule has 0 radical (unpaired) electrons. The fraction of sp³-hybridized carbons (Fsp3) is 0.648. The summed E-state index contributed by atoms with van der Waals surface area (Å²) < 4.78 is 16.9. The van der Waals surface area contributed by atoms with E-state index < -0.39 is 6.10 Å². The van der Waals surface area contributed by atoms with Crippen LogP contribution < -0.4 is 0 Å². The van der Waals surface area contributed by atoms with Crippen LogP contribution in [0.4, 0.5) is 0 Å². The largest absolute Gasteiger partial charge is 0.462 e. The van der Waals surface area contributed by atoms with E-state index in [-0.39, 0.29) is 31.1 Å². The molecule has 0 fully saturated rings. The number of esters is 3. The Morgan fingerprint density at radius 1 is 0.273 bits per heavy atom. The zero-order chi connectivity index (χ0) is 55.7. The molecule has 0 aliphatic rings. The van der Waals surface area contributed by atoms with Gasteiger partial charge >= 0.3 is 17.9 Å². The Bertz CT molecular complexity index is 1650. The van der Waals surface area contributed by atoms with E-state index in [1.165, 1.54) is 89.9 Å². The van der Waals surface area contributed by atoms with Crippen LogP contribution in [0, 0.1) is 0 Å². The van der Waals surface area contributed by atoms with Crippen molar-refractivity contribution in [2.24, 2.45) is 0 Å². The molecule has 0 spiro atoms. The minimum Gasteiger partial charge on any atom is -0.462 e. The second-order valence-corrected chi connectivity index (χ2v) is 20.5. The smallest absolute Gasteiger partial charge is 0.306 e. The average Bonchev–Trinajstić information content (AvgIpc) is 3.43. The Hall–Kier alpha value is -4.45. The molecule has 0 aromatic rings. The van der Waals surface area contributed by atoms with E-state index in [1.54, 1.807) is 0 Å². The van der Waals surface area contributed by atoms with Gasteiger partial charge in [0.2, 0.25) is 0 Å². The van der Waals surface area contributed by atoms with Crippen molar-refractivity contribution in [1.29, 1.82) is 0 Å². The molecule has 6 heteroatoms. The highest BCUT2D eigenvalue weighted by atomic mass is 16.6. The lowest BCUT2D eigenvalue weighted by molar-refractivity contribution is -0.167. The third-order valence-corrected chi connectivity index (χ3v) is 13.1. The first-order valence-corrected chi connectivity index (χ1v) is 31.7. The number of ether oxygens (including phenoxy) is 3. The van der Waals surface area contributed by atoms with Crippen molar-refractivity contribution in [3.8, 4) is 0 Å². The maximum absolute atomic E-state index is 12.9. The van der Waals surface area contributed by atoms with Gasteiger partial charge in [0.25, 0.3) is 0 Å². The van der Waals surface area contributed by atoms with E-state index in [0.717, 1.165) is 148 Å². The van der Waals surface area contributed by atoms with Crippen LogP contribution in [0.5, 0.6) is 0 Å². The molecule has 0 aromatic heterocycles. The van der Waals surface area contributed by atoms with Crippen LogP contribution in [-0.2, 0) is 28.6 Å². The summed E-state index contributed by atoms with van der Waals surface area (Å²) in [6, 6.07) is 0. The summed E-state index contributed by atoms with van der Waals surface area (Å²) in [4.78, 5) is 38.4. The Morgan fingerprint density at radius 3 is 0.792 bits per heavy atom. The van der Waals surface area contributed by atoms with Gasteiger partial charge in [-0.1, -0.05) is 257 Å². The molecule has 0 bridgehead atoms. The van der Waals surface area contributed by atoms with Gasteiger partial charge in [-0.2, -0.15) is 0 Å². The number of hydrogen-bond acceptors (Lipinski definition) is 6. The second-order valence-electron chi connectivity index (χ2n) is 20.5. The van der Waals surface area contributed by atoms with E-state index >= 15 is 0 Å². The van der Waals surface area contributed by atoms with Gasteiger partial charge in [-0.25, -0.2) is 0 Å². The van der Waals surface area contributed by atoms with E-state index in [4.69, 9.17) is 14.2 Å². The topological polar surface area (TPSA) is 78.9 Å². The molecule has 77 heavy (non-hydrogen) atoms. The first-order valence-electron chi connectivity index (χ1n) is 31.7. The normalized spacial score (nSPS) is 13.0. The van der Waals surface area contributed by atoms with Gasteiger partial charge in [0, 0.05) is 19.3 Å². The number of carbonyl (C=O) groups excluding carboxylic acids is 3. The van der Waals surface area contributed by atoms with Crippen molar-refractivity contribution in [2.75, 3.05) is 13.2 Å². The highest BCUT2D eigenvalue weighted by Gasteiger charge is 2.19. The fourth-order valence-corrected chi connectivity index (χ4v) is 8.43. The number of rotatable bonds is 56.